The average molecular weight is 455 g/mol. The fourth-order valence-corrected chi connectivity index (χ4v) is 4.77. The lowest BCUT2D eigenvalue weighted by Gasteiger charge is -2.32. The number of hydrogen-bond acceptors (Lipinski definition) is 7. The Bertz CT molecular complexity index is 1450. The first-order valence-electron chi connectivity index (χ1n) is 11.6. The molecular formula is C25H26N8O. The van der Waals surface area contributed by atoms with Crippen LogP contribution < -0.4 is 4.90 Å². The van der Waals surface area contributed by atoms with Crippen molar-refractivity contribution in [2.45, 2.75) is 19.3 Å². The molecule has 0 atom stereocenters. The first-order chi connectivity index (χ1) is 16.7. The molecule has 0 radical (unpaired) electrons. The number of benzene rings is 2. The number of nitrogens with one attached hydrogen (secondary N) is 1. The number of nitrogens with zero attached hydrogens (tertiary/aromatic N) is 7. The highest BCUT2D eigenvalue weighted by molar-refractivity contribution is 6.12. The summed E-state index contributed by atoms with van der Waals surface area (Å²) in [5.41, 5.74) is 3.92. The van der Waals surface area contributed by atoms with E-state index in [4.69, 9.17) is 9.97 Å². The monoisotopic (exact) mass is 454 g/mol. The van der Waals surface area contributed by atoms with E-state index >= 15 is 0 Å². The Labute approximate surface area is 196 Å². The molecule has 0 unspecified atom stereocenters. The quantitative estimate of drug-likeness (QED) is 0.420. The number of anilines is 1. The summed E-state index contributed by atoms with van der Waals surface area (Å²) >= 11 is 0. The zero-order valence-electron chi connectivity index (χ0n) is 19.0. The summed E-state index contributed by atoms with van der Waals surface area (Å²) in [6, 6.07) is 16.4. The summed E-state index contributed by atoms with van der Waals surface area (Å²) in [7, 11) is 1.76. The molecule has 9 nitrogen and oxygen atoms in total. The third-order valence-electron chi connectivity index (χ3n) is 6.62. The number of rotatable bonds is 5. The molecule has 0 bridgehead atoms. The smallest absolute Gasteiger partial charge is 0.204 e. The van der Waals surface area contributed by atoms with Crippen molar-refractivity contribution in [3.8, 4) is 11.4 Å². The molecule has 1 aliphatic heterocycles. The van der Waals surface area contributed by atoms with Crippen molar-refractivity contribution >= 4 is 27.8 Å². The molecule has 1 fully saturated rings. The van der Waals surface area contributed by atoms with Crippen LogP contribution in [0.15, 0.2) is 48.5 Å². The van der Waals surface area contributed by atoms with Gasteiger partial charge in [0.15, 0.2) is 0 Å². The minimum absolute atomic E-state index is 0.244. The lowest BCUT2D eigenvalue weighted by molar-refractivity contribution is 0.203. The number of aryl methyl sites for hydroxylation is 1. The number of hydrogen-bond donors (Lipinski definition) is 2. The summed E-state index contributed by atoms with van der Waals surface area (Å²) in [5, 5.41) is 24.2. The van der Waals surface area contributed by atoms with E-state index in [2.05, 4.69) is 43.5 Å². The van der Waals surface area contributed by atoms with Gasteiger partial charge in [-0.3, -0.25) is 0 Å². The highest BCUT2D eigenvalue weighted by Crippen LogP contribution is 2.35. The van der Waals surface area contributed by atoms with Gasteiger partial charge in [-0.25, -0.2) is 9.97 Å². The first kappa shape index (κ1) is 20.7. The summed E-state index contributed by atoms with van der Waals surface area (Å²) in [6.07, 6.45) is 2.57. The summed E-state index contributed by atoms with van der Waals surface area (Å²) < 4.78 is 0. The van der Waals surface area contributed by atoms with E-state index in [-0.39, 0.29) is 6.61 Å². The van der Waals surface area contributed by atoms with Gasteiger partial charge in [0.25, 0.3) is 0 Å². The maximum absolute atomic E-state index is 9.61. The Morgan fingerprint density at radius 2 is 1.88 bits per heavy atom. The van der Waals surface area contributed by atoms with Crippen LogP contribution in [0.4, 0.5) is 5.82 Å². The predicted octanol–water partition coefficient (Wildman–Crippen LogP) is 3.10. The maximum Gasteiger partial charge on any atom is 0.204 e. The van der Waals surface area contributed by atoms with Crippen LogP contribution in [0.1, 0.15) is 24.2 Å². The molecule has 2 aromatic carbocycles. The van der Waals surface area contributed by atoms with Gasteiger partial charge in [0.1, 0.15) is 17.3 Å². The Kier molecular flexibility index (Phi) is 5.18. The fourth-order valence-electron chi connectivity index (χ4n) is 4.77. The molecule has 0 amide bonds. The van der Waals surface area contributed by atoms with E-state index in [1.165, 1.54) is 10.4 Å². The van der Waals surface area contributed by atoms with Gasteiger partial charge in [-0.05, 0) is 47.7 Å². The van der Waals surface area contributed by atoms with Gasteiger partial charge >= 0.3 is 0 Å². The van der Waals surface area contributed by atoms with Gasteiger partial charge in [0, 0.05) is 42.6 Å². The van der Waals surface area contributed by atoms with Gasteiger partial charge in [-0.2, -0.15) is 4.80 Å². The van der Waals surface area contributed by atoms with Crippen LogP contribution in [0.25, 0.3) is 33.3 Å². The second-order valence-electron chi connectivity index (χ2n) is 8.95. The van der Waals surface area contributed by atoms with Gasteiger partial charge in [-0.1, -0.05) is 30.3 Å². The Hall–Kier alpha value is -3.85. The molecule has 0 spiro atoms. The second-order valence-corrected chi connectivity index (χ2v) is 8.95. The van der Waals surface area contributed by atoms with Gasteiger partial charge in [0.2, 0.25) is 5.82 Å². The number of aliphatic hydroxyl groups is 1. The van der Waals surface area contributed by atoms with Crippen LogP contribution in [0.3, 0.4) is 0 Å². The molecular weight excluding hydrogens is 428 g/mol. The van der Waals surface area contributed by atoms with Crippen LogP contribution in [0.2, 0.25) is 0 Å². The zero-order valence-corrected chi connectivity index (χ0v) is 19.0. The first-order valence-corrected chi connectivity index (χ1v) is 11.6. The third kappa shape index (κ3) is 3.77. The third-order valence-corrected chi connectivity index (χ3v) is 6.62. The molecule has 9 heteroatoms. The lowest BCUT2D eigenvalue weighted by Crippen LogP contribution is -2.35. The van der Waals surface area contributed by atoms with E-state index in [0.717, 1.165) is 65.1 Å². The highest BCUT2D eigenvalue weighted by atomic mass is 16.3. The zero-order chi connectivity index (χ0) is 23.1. The molecule has 5 aromatic rings. The van der Waals surface area contributed by atoms with Crippen molar-refractivity contribution < 1.29 is 5.11 Å². The molecule has 172 valence electrons. The van der Waals surface area contributed by atoms with E-state index in [1.807, 2.05) is 30.3 Å². The Morgan fingerprint density at radius 1 is 1.06 bits per heavy atom. The van der Waals surface area contributed by atoms with Gasteiger partial charge in [-0.15, -0.1) is 10.2 Å². The average Bonchev–Trinajstić information content (AvgIpc) is 3.47. The number of fused-ring (bicyclic) bond motifs is 3. The number of aliphatic hydroxyl groups excluding tert-OH is 1. The van der Waals surface area contributed by atoms with Crippen LogP contribution in [-0.4, -0.2) is 60.0 Å². The molecule has 34 heavy (non-hydrogen) atoms. The van der Waals surface area contributed by atoms with Gasteiger partial charge < -0.3 is 15.0 Å². The number of tetrazole rings is 1. The number of piperidine rings is 1. The molecule has 2 N–H and O–H groups in total. The Morgan fingerprint density at radius 3 is 2.62 bits per heavy atom. The predicted molar refractivity (Wildman–Crippen MR) is 130 cm³/mol. The molecule has 1 aliphatic rings. The van der Waals surface area contributed by atoms with Crippen molar-refractivity contribution in [2.24, 2.45) is 13.0 Å². The summed E-state index contributed by atoms with van der Waals surface area (Å²) in [5.74, 6) is 2.68. The van der Waals surface area contributed by atoms with Crippen LogP contribution >= 0.6 is 0 Å². The molecule has 6 rings (SSSR count). The normalized spacial score (nSPS) is 14.9. The molecule has 4 heterocycles. The second kappa shape index (κ2) is 8.49. The van der Waals surface area contributed by atoms with E-state index in [0.29, 0.717) is 18.2 Å². The minimum Gasteiger partial charge on any atom is -0.396 e. The van der Waals surface area contributed by atoms with Crippen molar-refractivity contribution in [3.05, 3.63) is 59.9 Å². The standard InChI is InChI=1S/C25H26N8O/c1-32-30-23(29-31-32)18-7-8-20-19(14-18)22-24(26-20)27-21(13-16-5-3-2-4-6-16)28-25(22)33-11-9-17(15-34)10-12-33/h2-8,14,17,34H,9-13,15H2,1H3,(H,26,27,28). The van der Waals surface area contributed by atoms with Crippen molar-refractivity contribution in [1.82, 2.24) is 35.2 Å². The van der Waals surface area contributed by atoms with Crippen LogP contribution in [-0.2, 0) is 13.5 Å². The molecule has 0 aliphatic carbocycles. The van der Waals surface area contributed by atoms with Crippen molar-refractivity contribution in [1.29, 1.82) is 0 Å². The largest absolute Gasteiger partial charge is 0.396 e. The van der Waals surface area contributed by atoms with E-state index < -0.39 is 0 Å². The van der Waals surface area contributed by atoms with Crippen molar-refractivity contribution in [2.75, 3.05) is 24.6 Å². The summed E-state index contributed by atoms with van der Waals surface area (Å²) in [4.78, 5) is 17.3. The van der Waals surface area contributed by atoms with Gasteiger partial charge in [0.05, 0.1) is 12.4 Å². The number of aromatic nitrogens is 7. The maximum atomic E-state index is 9.61. The highest BCUT2D eigenvalue weighted by Gasteiger charge is 2.24. The van der Waals surface area contributed by atoms with Crippen molar-refractivity contribution in [3.63, 3.8) is 0 Å². The molecule has 3 aromatic heterocycles. The SMILES string of the molecule is Cn1nnc(-c2ccc3[nH]c4nc(Cc5ccccc5)nc(N5CCC(CO)CC5)c4c3c2)n1. The molecule has 1 saturated heterocycles. The number of aromatic amines is 1. The van der Waals surface area contributed by atoms with E-state index in [9.17, 15) is 5.11 Å². The lowest BCUT2D eigenvalue weighted by atomic mass is 9.97. The minimum atomic E-state index is 0.244. The van der Waals surface area contributed by atoms with Crippen LogP contribution in [0.5, 0.6) is 0 Å². The van der Waals surface area contributed by atoms with E-state index in [1.54, 1.807) is 7.05 Å². The topological polar surface area (TPSA) is 109 Å². The fraction of sp³-hybridized carbons (Fsp3) is 0.320. The van der Waals surface area contributed by atoms with Crippen LogP contribution in [0, 0.1) is 5.92 Å². The summed E-state index contributed by atoms with van der Waals surface area (Å²) in [6.45, 7) is 1.97. The Balaban J connectivity index is 1.50. The molecule has 0 saturated carbocycles. The number of H-pyrrole nitrogens is 1.